The maximum atomic E-state index is 13.4. The van der Waals surface area contributed by atoms with E-state index in [0.717, 1.165) is 10.8 Å². The summed E-state index contributed by atoms with van der Waals surface area (Å²) in [7, 11) is 0. The normalized spacial score (nSPS) is 16.6. The summed E-state index contributed by atoms with van der Waals surface area (Å²) in [5.41, 5.74) is 1.20. The maximum absolute atomic E-state index is 13.4. The molecule has 0 radical (unpaired) electrons. The van der Waals surface area contributed by atoms with Crippen molar-refractivity contribution in [2.45, 2.75) is 12.5 Å². The number of amides is 3. The number of hydrogen-bond donors (Lipinski definition) is 2. The van der Waals surface area contributed by atoms with Crippen LogP contribution in [-0.4, -0.2) is 24.5 Å². The minimum absolute atomic E-state index is 0.143. The molecule has 3 amide bonds. The van der Waals surface area contributed by atoms with Gasteiger partial charge in [-0.1, -0.05) is 42.5 Å². The molecule has 0 aromatic heterocycles. The average molecular weight is 363 g/mol. The van der Waals surface area contributed by atoms with Gasteiger partial charge < -0.3 is 15.5 Å². The van der Waals surface area contributed by atoms with Crippen molar-refractivity contribution < 1.29 is 14.0 Å². The van der Waals surface area contributed by atoms with Crippen LogP contribution in [0.15, 0.2) is 66.7 Å². The molecule has 1 saturated heterocycles. The lowest BCUT2D eigenvalue weighted by Gasteiger charge is -2.17. The summed E-state index contributed by atoms with van der Waals surface area (Å²) in [6, 6.07) is 18.6. The number of benzene rings is 3. The van der Waals surface area contributed by atoms with Gasteiger partial charge in [0.25, 0.3) is 0 Å². The monoisotopic (exact) mass is 363 g/mol. The van der Waals surface area contributed by atoms with Gasteiger partial charge in [-0.2, -0.15) is 0 Å². The van der Waals surface area contributed by atoms with E-state index in [4.69, 9.17) is 0 Å². The van der Waals surface area contributed by atoms with Crippen LogP contribution in [0.5, 0.6) is 0 Å². The van der Waals surface area contributed by atoms with Crippen LogP contribution in [0.4, 0.5) is 20.6 Å². The topological polar surface area (TPSA) is 61.4 Å². The predicted octanol–water partition coefficient (Wildman–Crippen LogP) is 3.91. The van der Waals surface area contributed by atoms with Gasteiger partial charge in [-0.3, -0.25) is 4.79 Å². The highest BCUT2D eigenvalue weighted by Gasteiger charge is 2.31. The standard InChI is InChI=1S/C21H18FN3O2/c22-15-7-4-8-17(11-15)25-13-16(12-20(25)26)23-21(27)24-19-10-3-6-14-5-1-2-9-18(14)19/h1-11,16H,12-13H2,(H2,23,24,27)/t16-/m1/s1. The van der Waals surface area contributed by atoms with Gasteiger partial charge in [-0.05, 0) is 29.7 Å². The van der Waals surface area contributed by atoms with Gasteiger partial charge in [0.05, 0.1) is 11.7 Å². The van der Waals surface area contributed by atoms with E-state index in [1.165, 1.54) is 17.0 Å². The second-order valence-corrected chi connectivity index (χ2v) is 6.51. The Kier molecular flexibility index (Phi) is 4.46. The Morgan fingerprint density at radius 1 is 1.04 bits per heavy atom. The van der Waals surface area contributed by atoms with Crippen LogP contribution in [0.1, 0.15) is 6.42 Å². The molecule has 1 fully saturated rings. The first kappa shape index (κ1) is 17.0. The molecule has 5 nitrogen and oxygen atoms in total. The fourth-order valence-corrected chi connectivity index (χ4v) is 3.38. The highest BCUT2D eigenvalue weighted by Crippen LogP contribution is 2.24. The van der Waals surface area contributed by atoms with Crippen LogP contribution in [-0.2, 0) is 4.79 Å². The van der Waals surface area contributed by atoms with Crippen molar-refractivity contribution in [3.63, 3.8) is 0 Å². The molecule has 2 N–H and O–H groups in total. The Balaban J connectivity index is 1.44. The summed E-state index contributed by atoms with van der Waals surface area (Å²) in [5.74, 6) is -0.540. The van der Waals surface area contributed by atoms with Crippen molar-refractivity contribution in [1.82, 2.24) is 5.32 Å². The lowest BCUT2D eigenvalue weighted by atomic mass is 10.1. The molecule has 0 bridgehead atoms. The van der Waals surface area contributed by atoms with Crippen molar-refractivity contribution in [1.29, 1.82) is 0 Å². The quantitative estimate of drug-likeness (QED) is 0.741. The molecule has 27 heavy (non-hydrogen) atoms. The Morgan fingerprint density at radius 2 is 1.81 bits per heavy atom. The third-order valence-corrected chi connectivity index (χ3v) is 4.62. The largest absolute Gasteiger partial charge is 0.333 e. The molecule has 0 saturated carbocycles. The van der Waals surface area contributed by atoms with Crippen molar-refractivity contribution in [3.8, 4) is 0 Å². The summed E-state index contributed by atoms with van der Waals surface area (Å²) < 4.78 is 13.4. The molecule has 0 aliphatic carbocycles. The number of anilines is 2. The van der Waals surface area contributed by atoms with E-state index < -0.39 is 5.82 Å². The average Bonchev–Trinajstić information content (AvgIpc) is 3.02. The molecule has 1 aliphatic rings. The fourth-order valence-electron chi connectivity index (χ4n) is 3.38. The number of rotatable bonds is 3. The van der Waals surface area contributed by atoms with E-state index in [1.54, 1.807) is 12.1 Å². The van der Waals surface area contributed by atoms with Gasteiger partial charge in [0, 0.05) is 24.0 Å². The first-order valence-electron chi connectivity index (χ1n) is 8.71. The number of carbonyl (C=O) groups is 2. The molecular formula is C21H18FN3O2. The predicted molar refractivity (Wildman–Crippen MR) is 103 cm³/mol. The second-order valence-electron chi connectivity index (χ2n) is 6.51. The molecule has 136 valence electrons. The van der Waals surface area contributed by atoms with Gasteiger partial charge in [0.2, 0.25) is 5.91 Å². The molecule has 0 unspecified atom stereocenters. The van der Waals surface area contributed by atoms with Crippen LogP contribution in [0.2, 0.25) is 0 Å². The highest BCUT2D eigenvalue weighted by atomic mass is 19.1. The zero-order valence-corrected chi connectivity index (χ0v) is 14.5. The van der Waals surface area contributed by atoms with E-state index in [-0.39, 0.29) is 24.4 Å². The Hall–Kier alpha value is -3.41. The van der Waals surface area contributed by atoms with Gasteiger partial charge in [0.15, 0.2) is 0 Å². The van der Waals surface area contributed by atoms with Crippen LogP contribution < -0.4 is 15.5 Å². The van der Waals surface area contributed by atoms with Gasteiger partial charge >= 0.3 is 6.03 Å². The van der Waals surface area contributed by atoms with E-state index in [9.17, 15) is 14.0 Å². The first-order valence-corrected chi connectivity index (χ1v) is 8.71. The van der Waals surface area contributed by atoms with E-state index in [2.05, 4.69) is 10.6 Å². The summed E-state index contributed by atoms with van der Waals surface area (Å²) in [5, 5.41) is 7.66. The smallest absolute Gasteiger partial charge is 0.319 e. The second kappa shape index (κ2) is 7.07. The summed E-state index contributed by atoms with van der Waals surface area (Å²) in [4.78, 5) is 26.1. The van der Waals surface area contributed by atoms with Crippen molar-refractivity contribution in [2.24, 2.45) is 0 Å². The lowest BCUT2D eigenvalue weighted by Crippen LogP contribution is -2.39. The molecule has 0 spiro atoms. The number of hydrogen-bond acceptors (Lipinski definition) is 2. The van der Waals surface area contributed by atoms with Gasteiger partial charge in [-0.15, -0.1) is 0 Å². The third-order valence-electron chi connectivity index (χ3n) is 4.62. The van der Waals surface area contributed by atoms with E-state index in [0.29, 0.717) is 17.9 Å². The number of halogens is 1. The molecule has 1 aliphatic heterocycles. The Bertz CT molecular complexity index is 1020. The summed E-state index contributed by atoms with van der Waals surface area (Å²) >= 11 is 0. The number of carbonyl (C=O) groups excluding carboxylic acids is 2. The van der Waals surface area contributed by atoms with Crippen molar-refractivity contribution >= 4 is 34.1 Å². The number of nitrogens with zero attached hydrogens (tertiary/aromatic N) is 1. The Morgan fingerprint density at radius 3 is 2.67 bits per heavy atom. The molecule has 1 heterocycles. The molecule has 4 rings (SSSR count). The SMILES string of the molecule is O=C(Nc1cccc2ccccc12)N[C@@H]1CC(=O)N(c2cccc(F)c2)C1. The van der Waals surface area contributed by atoms with Gasteiger partial charge in [0.1, 0.15) is 5.82 Å². The van der Waals surface area contributed by atoms with Crippen LogP contribution in [0, 0.1) is 5.82 Å². The van der Waals surface area contributed by atoms with Gasteiger partial charge in [-0.25, -0.2) is 9.18 Å². The first-order chi connectivity index (χ1) is 13.1. The Labute approximate surface area is 155 Å². The zero-order valence-electron chi connectivity index (χ0n) is 14.5. The van der Waals surface area contributed by atoms with Crippen LogP contribution >= 0.6 is 0 Å². The fraction of sp³-hybridized carbons (Fsp3) is 0.143. The third kappa shape index (κ3) is 3.60. The van der Waals surface area contributed by atoms with Crippen molar-refractivity contribution in [2.75, 3.05) is 16.8 Å². The highest BCUT2D eigenvalue weighted by molar-refractivity contribution is 6.02. The summed E-state index contributed by atoms with van der Waals surface area (Å²) in [6.07, 6.45) is 0.180. The molecule has 3 aromatic carbocycles. The molecule has 3 aromatic rings. The number of fused-ring (bicyclic) bond motifs is 1. The maximum Gasteiger partial charge on any atom is 0.319 e. The minimum atomic E-state index is -0.398. The minimum Gasteiger partial charge on any atom is -0.333 e. The van der Waals surface area contributed by atoms with Crippen LogP contribution in [0.25, 0.3) is 10.8 Å². The molecular weight excluding hydrogens is 345 g/mol. The molecule has 1 atom stereocenters. The summed E-state index contributed by atoms with van der Waals surface area (Å²) in [6.45, 7) is 0.311. The number of nitrogens with one attached hydrogen (secondary N) is 2. The molecule has 6 heteroatoms. The zero-order chi connectivity index (χ0) is 18.8. The van der Waals surface area contributed by atoms with Crippen molar-refractivity contribution in [3.05, 3.63) is 72.5 Å². The van der Waals surface area contributed by atoms with E-state index >= 15 is 0 Å². The van der Waals surface area contributed by atoms with E-state index in [1.807, 2.05) is 42.5 Å². The lowest BCUT2D eigenvalue weighted by molar-refractivity contribution is -0.117. The number of urea groups is 1. The van der Waals surface area contributed by atoms with Crippen LogP contribution in [0.3, 0.4) is 0 Å².